The number of hydrogen-bond donors (Lipinski definition) is 1. The number of rotatable bonds is 9. The molecule has 2 aromatic rings. The van der Waals surface area contributed by atoms with Crippen molar-refractivity contribution in [2.75, 3.05) is 39.4 Å². The summed E-state index contributed by atoms with van der Waals surface area (Å²) in [5.74, 6) is 0.841. The lowest BCUT2D eigenvalue weighted by Crippen LogP contribution is -2.37. The largest absolute Gasteiger partial charge is 0.489 e. The first kappa shape index (κ1) is 26.3. The SMILES string of the molecule is Cl.Cl.Clc1ccc(COc2cccc(CNCCCN3CCOCC3)c2)c(Cl)c1. The minimum Gasteiger partial charge on any atom is -0.489 e. The zero-order valence-corrected chi connectivity index (χ0v) is 19.4. The third-order valence-corrected chi connectivity index (χ3v) is 5.16. The Morgan fingerprint density at radius 2 is 1.83 bits per heavy atom. The van der Waals surface area contributed by atoms with Crippen LogP contribution in [-0.4, -0.2) is 44.3 Å². The number of nitrogens with zero attached hydrogens (tertiary/aromatic N) is 1. The highest BCUT2D eigenvalue weighted by Crippen LogP contribution is 2.23. The Morgan fingerprint density at radius 1 is 1.03 bits per heavy atom. The number of ether oxygens (including phenoxy) is 2. The molecule has 3 rings (SSSR count). The molecule has 0 aromatic heterocycles. The molecule has 8 heteroatoms. The van der Waals surface area contributed by atoms with Crippen molar-refractivity contribution < 1.29 is 9.47 Å². The van der Waals surface area contributed by atoms with Gasteiger partial charge >= 0.3 is 0 Å². The van der Waals surface area contributed by atoms with Gasteiger partial charge in [0.25, 0.3) is 0 Å². The highest BCUT2D eigenvalue weighted by molar-refractivity contribution is 6.35. The van der Waals surface area contributed by atoms with Crippen LogP contribution in [0.1, 0.15) is 17.5 Å². The molecule has 1 fully saturated rings. The molecule has 0 radical (unpaired) electrons. The van der Waals surface area contributed by atoms with E-state index >= 15 is 0 Å². The van der Waals surface area contributed by atoms with Crippen molar-refractivity contribution in [2.24, 2.45) is 0 Å². The summed E-state index contributed by atoms with van der Waals surface area (Å²) < 4.78 is 11.3. The minimum absolute atomic E-state index is 0. The number of benzene rings is 2. The summed E-state index contributed by atoms with van der Waals surface area (Å²) in [6.07, 6.45) is 1.14. The molecular formula is C21H28Cl4N2O2. The molecule has 1 saturated heterocycles. The van der Waals surface area contributed by atoms with Gasteiger partial charge in [-0.3, -0.25) is 4.90 Å². The van der Waals surface area contributed by atoms with E-state index in [4.69, 9.17) is 32.7 Å². The average molecular weight is 482 g/mol. The third-order valence-electron chi connectivity index (χ3n) is 4.57. The van der Waals surface area contributed by atoms with E-state index in [1.807, 2.05) is 24.3 Å². The predicted octanol–water partition coefficient (Wildman–Crippen LogP) is 5.23. The monoisotopic (exact) mass is 480 g/mol. The fourth-order valence-corrected chi connectivity index (χ4v) is 3.49. The Balaban J connectivity index is 0.00000210. The van der Waals surface area contributed by atoms with Crippen LogP contribution in [0.4, 0.5) is 0 Å². The molecule has 1 N–H and O–H groups in total. The fourth-order valence-electron chi connectivity index (χ4n) is 3.03. The molecule has 1 aliphatic rings. The maximum absolute atomic E-state index is 6.20. The van der Waals surface area contributed by atoms with Gasteiger partial charge in [0.1, 0.15) is 12.4 Å². The Kier molecular flexibility index (Phi) is 13.0. The van der Waals surface area contributed by atoms with Gasteiger partial charge in [-0.15, -0.1) is 24.8 Å². The lowest BCUT2D eigenvalue weighted by atomic mass is 10.2. The second-order valence-electron chi connectivity index (χ2n) is 6.66. The van der Waals surface area contributed by atoms with Gasteiger partial charge in [-0.2, -0.15) is 0 Å². The van der Waals surface area contributed by atoms with Gasteiger partial charge in [0, 0.05) is 35.2 Å². The van der Waals surface area contributed by atoms with Crippen molar-refractivity contribution in [1.82, 2.24) is 10.2 Å². The van der Waals surface area contributed by atoms with Gasteiger partial charge < -0.3 is 14.8 Å². The molecule has 0 spiro atoms. The Morgan fingerprint density at radius 3 is 2.59 bits per heavy atom. The predicted molar refractivity (Wildman–Crippen MR) is 125 cm³/mol. The third kappa shape index (κ3) is 9.31. The van der Waals surface area contributed by atoms with Gasteiger partial charge in [0.2, 0.25) is 0 Å². The lowest BCUT2D eigenvalue weighted by Gasteiger charge is -2.26. The van der Waals surface area contributed by atoms with Crippen LogP contribution >= 0.6 is 48.0 Å². The van der Waals surface area contributed by atoms with Crippen LogP contribution in [0, 0.1) is 0 Å². The van der Waals surface area contributed by atoms with E-state index in [-0.39, 0.29) is 24.8 Å². The van der Waals surface area contributed by atoms with Crippen molar-refractivity contribution in [3.63, 3.8) is 0 Å². The topological polar surface area (TPSA) is 33.7 Å². The molecule has 4 nitrogen and oxygen atoms in total. The van der Waals surface area contributed by atoms with Gasteiger partial charge in [0.05, 0.1) is 13.2 Å². The highest BCUT2D eigenvalue weighted by atomic mass is 35.5. The van der Waals surface area contributed by atoms with Crippen molar-refractivity contribution in [3.8, 4) is 5.75 Å². The summed E-state index contributed by atoms with van der Waals surface area (Å²) in [5, 5.41) is 4.76. The first-order valence-electron chi connectivity index (χ1n) is 9.37. The van der Waals surface area contributed by atoms with Crippen LogP contribution in [0.2, 0.25) is 10.0 Å². The zero-order valence-electron chi connectivity index (χ0n) is 16.2. The van der Waals surface area contributed by atoms with E-state index < -0.39 is 0 Å². The first-order chi connectivity index (χ1) is 13.2. The zero-order chi connectivity index (χ0) is 18.9. The summed E-state index contributed by atoms with van der Waals surface area (Å²) in [6.45, 7) is 7.22. The van der Waals surface area contributed by atoms with Crippen molar-refractivity contribution in [2.45, 2.75) is 19.6 Å². The van der Waals surface area contributed by atoms with E-state index in [1.165, 1.54) is 5.56 Å². The smallest absolute Gasteiger partial charge is 0.120 e. The van der Waals surface area contributed by atoms with E-state index in [0.717, 1.165) is 63.7 Å². The van der Waals surface area contributed by atoms with Gasteiger partial charge in [-0.05, 0) is 49.3 Å². The standard InChI is InChI=1S/C21H26Cl2N2O2.2ClH/c22-19-6-5-18(21(23)14-19)16-27-20-4-1-3-17(13-20)15-24-7-2-8-25-9-11-26-12-10-25;;/h1,3-6,13-14,24H,2,7-12,15-16H2;2*1H. The molecule has 29 heavy (non-hydrogen) atoms. The summed E-state index contributed by atoms with van der Waals surface area (Å²) in [6, 6.07) is 13.6. The molecule has 1 aliphatic heterocycles. The number of hydrogen-bond acceptors (Lipinski definition) is 4. The van der Waals surface area contributed by atoms with Crippen LogP contribution in [0.15, 0.2) is 42.5 Å². The Bertz CT molecular complexity index is 728. The van der Waals surface area contributed by atoms with E-state index in [2.05, 4.69) is 22.3 Å². The molecule has 0 bridgehead atoms. The van der Waals surface area contributed by atoms with Crippen LogP contribution in [0.25, 0.3) is 0 Å². The average Bonchev–Trinajstić information content (AvgIpc) is 2.68. The molecule has 0 unspecified atom stereocenters. The number of halogens is 4. The second kappa shape index (κ2) is 14.3. The van der Waals surface area contributed by atoms with Crippen molar-refractivity contribution in [3.05, 3.63) is 63.6 Å². The second-order valence-corrected chi connectivity index (χ2v) is 7.50. The van der Waals surface area contributed by atoms with E-state index in [1.54, 1.807) is 6.07 Å². The normalized spacial score (nSPS) is 14.0. The van der Waals surface area contributed by atoms with Crippen LogP contribution in [0.5, 0.6) is 5.75 Å². The lowest BCUT2D eigenvalue weighted by molar-refractivity contribution is 0.0374. The summed E-state index contributed by atoms with van der Waals surface area (Å²) in [7, 11) is 0. The van der Waals surface area contributed by atoms with Crippen LogP contribution < -0.4 is 10.1 Å². The highest BCUT2D eigenvalue weighted by Gasteiger charge is 2.09. The maximum atomic E-state index is 6.20. The molecule has 2 aromatic carbocycles. The van der Waals surface area contributed by atoms with Crippen LogP contribution in [-0.2, 0) is 17.9 Å². The van der Waals surface area contributed by atoms with E-state index in [9.17, 15) is 0 Å². The molecule has 0 saturated carbocycles. The molecule has 162 valence electrons. The first-order valence-corrected chi connectivity index (χ1v) is 10.1. The molecule has 0 atom stereocenters. The minimum atomic E-state index is 0. The van der Waals surface area contributed by atoms with Gasteiger partial charge in [0.15, 0.2) is 0 Å². The van der Waals surface area contributed by atoms with Gasteiger partial charge in [-0.25, -0.2) is 0 Å². The molecule has 0 aliphatic carbocycles. The van der Waals surface area contributed by atoms with Crippen LogP contribution in [0.3, 0.4) is 0 Å². The Labute approximate surface area is 195 Å². The number of nitrogens with one attached hydrogen (secondary N) is 1. The Hall–Kier alpha value is -0.720. The van der Waals surface area contributed by atoms with Gasteiger partial charge in [-0.1, -0.05) is 41.4 Å². The van der Waals surface area contributed by atoms with Crippen molar-refractivity contribution in [1.29, 1.82) is 0 Å². The fraction of sp³-hybridized carbons (Fsp3) is 0.429. The quantitative estimate of drug-likeness (QED) is 0.497. The maximum Gasteiger partial charge on any atom is 0.120 e. The van der Waals surface area contributed by atoms with E-state index in [0.29, 0.717) is 16.7 Å². The molecule has 1 heterocycles. The number of morpholine rings is 1. The van der Waals surface area contributed by atoms with Crippen molar-refractivity contribution >= 4 is 48.0 Å². The summed E-state index contributed by atoms with van der Waals surface area (Å²) in [4.78, 5) is 2.46. The summed E-state index contributed by atoms with van der Waals surface area (Å²) >= 11 is 12.1. The molecule has 0 amide bonds. The molecular weight excluding hydrogens is 454 g/mol. The summed E-state index contributed by atoms with van der Waals surface area (Å²) in [5.41, 5.74) is 2.13.